The number of Topliss-reactive ketones (excluding diaryl/α,β-unsaturated/α-hetero) is 1. The first-order valence-corrected chi connectivity index (χ1v) is 15.7. The van der Waals surface area contributed by atoms with E-state index in [4.69, 9.17) is 0 Å². The van der Waals surface area contributed by atoms with Gasteiger partial charge in [0, 0.05) is 49.3 Å². The van der Waals surface area contributed by atoms with Crippen LogP contribution in [0.15, 0.2) is 90.3 Å². The molecule has 1 aliphatic heterocycles. The maximum Gasteiger partial charge on any atom is 0.172 e. The molecule has 2 atom stereocenters. The van der Waals surface area contributed by atoms with Crippen molar-refractivity contribution in [2.45, 2.75) is 72.8 Å². The highest BCUT2D eigenvalue weighted by atomic mass is 19.1. The second-order valence-electron chi connectivity index (χ2n) is 11.8. The molecule has 0 amide bonds. The fraction of sp³-hybridized carbons (Fsp3) is 0.432. The topological polar surface area (TPSA) is 47.6 Å². The van der Waals surface area contributed by atoms with E-state index >= 15 is 4.39 Å². The summed E-state index contributed by atoms with van der Waals surface area (Å²) in [4.78, 5) is 17.2. The highest BCUT2D eigenvalue weighted by molar-refractivity contribution is 6.04. The average Bonchev–Trinajstić information content (AvgIpc) is 3.02. The second kappa shape index (κ2) is 15.7. The lowest BCUT2D eigenvalue weighted by Gasteiger charge is -2.32. The lowest BCUT2D eigenvalue weighted by atomic mass is 9.94. The molecular weight excluding hydrogens is 535 g/mol. The molecule has 5 nitrogen and oxygen atoms in total. The van der Waals surface area contributed by atoms with Gasteiger partial charge in [0.25, 0.3) is 0 Å². The molecule has 0 radical (unpaired) electrons. The Kier molecular flexibility index (Phi) is 12.4. The van der Waals surface area contributed by atoms with Crippen molar-refractivity contribution in [3.8, 4) is 0 Å². The first-order valence-electron chi connectivity index (χ1n) is 15.7. The number of hydrogen-bond acceptors (Lipinski definition) is 5. The summed E-state index contributed by atoms with van der Waals surface area (Å²) in [5, 5.41) is 8.81. The standard InChI is InChI=1S/C37H51FN4O/c1-10-15-31(39-8)18-19-40-27(6)34-24-42(32(12-3)22-36(34)43)35-21-30-17-14-13-16-29(30)20-33(35)26(5)37(38)28(7)41(9)23-25(4)11-2/h12-14,16-17,20-21,24-25,31,39-40H,6-7,10-11,15,18-19,22-23H2,1-5,8-9H3/b32-12-,37-26+. The van der Waals surface area contributed by atoms with Crippen molar-refractivity contribution in [1.29, 1.82) is 0 Å². The Labute approximate surface area is 258 Å². The fourth-order valence-electron chi connectivity index (χ4n) is 5.55. The van der Waals surface area contributed by atoms with Crippen LogP contribution in [0.5, 0.6) is 0 Å². The molecule has 0 bridgehead atoms. The summed E-state index contributed by atoms with van der Waals surface area (Å²) >= 11 is 0. The van der Waals surface area contributed by atoms with Crippen LogP contribution < -0.4 is 15.5 Å². The van der Waals surface area contributed by atoms with Crippen LogP contribution in [-0.2, 0) is 4.79 Å². The smallest absolute Gasteiger partial charge is 0.172 e. The summed E-state index contributed by atoms with van der Waals surface area (Å²) < 4.78 is 16.2. The van der Waals surface area contributed by atoms with Crippen LogP contribution >= 0.6 is 0 Å². The lowest BCUT2D eigenvalue weighted by Crippen LogP contribution is -2.32. The van der Waals surface area contributed by atoms with Crippen LogP contribution in [0, 0.1) is 5.92 Å². The minimum Gasteiger partial charge on any atom is -0.385 e. The number of nitrogens with zero attached hydrogens (tertiary/aromatic N) is 2. The zero-order valence-electron chi connectivity index (χ0n) is 27.3. The number of anilines is 1. The zero-order chi connectivity index (χ0) is 31.7. The third kappa shape index (κ3) is 8.26. The van der Waals surface area contributed by atoms with Crippen molar-refractivity contribution in [3.05, 3.63) is 95.9 Å². The minimum atomic E-state index is -0.334. The van der Waals surface area contributed by atoms with Gasteiger partial charge in [-0.25, -0.2) is 4.39 Å². The van der Waals surface area contributed by atoms with Gasteiger partial charge in [0.05, 0.1) is 23.4 Å². The Balaban J connectivity index is 2.07. The highest BCUT2D eigenvalue weighted by Gasteiger charge is 2.28. The number of hydrogen-bond donors (Lipinski definition) is 2. The number of likely N-dealkylation sites (N-methyl/N-ethyl adjacent to an activating group) is 1. The first-order chi connectivity index (χ1) is 20.6. The van der Waals surface area contributed by atoms with Gasteiger partial charge in [-0.2, -0.15) is 0 Å². The Morgan fingerprint density at radius 1 is 1.16 bits per heavy atom. The van der Waals surface area contributed by atoms with Crippen molar-refractivity contribution in [2.24, 2.45) is 5.92 Å². The van der Waals surface area contributed by atoms with Crippen LogP contribution in [0.3, 0.4) is 0 Å². The van der Waals surface area contributed by atoms with Crippen molar-refractivity contribution in [1.82, 2.24) is 15.5 Å². The summed E-state index contributed by atoms with van der Waals surface area (Å²) in [6, 6.07) is 12.6. The third-order valence-electron chi connectivity index (χ3n) is 8.60. The van der Waals surface area contributed by atoms with Crippen molar-refractivity contribution < 1.29 is 9.18 Å². The Bertz CT molecular complexity index is 1420. The van der Waals surface area contributed by atoms with Gasteiger partial charge in [-0.1, -0.05) is 77.1 Å². The van der Waals surface area contributed by atoms with E-state index in [1.165, 1.54) is 0 Å². The minimum absolute atomic E-state index is 0.0152. The molecule has 232 valence electrons. The average molecular weight is 587 g/mol. The molecule has 0 spiro atoms. The molecule has 0 fully saturated rings. The van der Waals surface area contributed by atoms with E-state index < -0.39 is 0 Å². The number of carbonyl (C=O) groups excluding carboxylic acids is 1. The summed E-state index contributed by atoms with van der Waals surface area (Å²) in [6.07, 6.45) is 8.21. The van der Waals surface area contributed by atoms with Crippen LogP contribution in [0.1, 0.15) is 72.3 Å². The van der Waals surface area contributed by atoms with E-state index in [0.29, 0.717) is 41.0 Å². The van der Waals surface area contributed by atoms with E-state index in [0.717, 1.165) is 59.9 Å². The van der Waals surface area contributed by atoms with Crippen LogP contribution in [-0.4, -0.2) is 43.9 Å². The van der Waals surface area contributed by atoms with Crippen LogP contribution in [0.4, 0.5) is 10.1 Å². The number of carbonyl (C=O) groups is 1. The van der Waals surface area contributed by atoms with Gasteiger partial charge < -0.3 is 20.4 Å². The summed E-state index contributed by atoms with van der Waals surface area (Å²) in [7, 11) is 3.88. The number of benzene rings is 2. The summed E-state index contributed by atoms with van der Waals surface area (Å²) in [5.74, 6) is 0.107. The molecule has 1 aliphatic rings. The summed E-state index contributed by atoms with van der Waals surface area (Å²) in [5.41, 5.74) is 4.45. The summed E-state index contributed by atoms with van der Waals surface area (Å²) in [6.45, 7) is 20.0. The van der Waals surface area contributed by atoms with E-state index in [-0.39, 0.29) is 18.0 Å². The molecule has 3 rings (SSSR count). The Morgan fingerprint density at radius 3 is 2.44 bits per heavy atom. The number of rotatable bonds is 15. The highest BCUT2D eigenvalue weighted by Crippen LogP contribution is 2.39. The largest absolute Gasteiger partial charge is 0.385 e. The van der Waals surface area contributed by atoms with Gasteiger partial charge in [-0.3, -0.25) is 4.79 Å². The molecule has 2 unspecified atom stereocenters. The molecule has 0 aromatic heterocycles. The molecule has 0 saturated heterocycles. The molecule has 1 heterocycles. The van der Waals surface area contributed by atoms with E-state index in [2.05, 4.69) is 56.7 Å². The predicted molar refractivity (Wildman–Crippen MR) is 182 cm³/mol. The van der Waals surface area contributed by atoms with Gasteiger partial charge in [-0.05, 0) is 68.1 Å². The molecular formula is C37H51FN4O. The van der Waals surface area contributed by atoms with Crippen molar-refractivity contribution in [3.63, 3.8) is 0 Å². The van der Waals surface area contributed by atoms with Gasteiger partial charge in [0.2, 0.25) is 0 Å². The normalized spacial score (nSPS) is 16.6. The molecule has 0 aliphatic carbocycles. The molecule has 6 heteroatoms. The molecule has 2 aromatic carbocycles. The van der Waals surface area contributed by atoms with Gasteiger partial charge in [0.1, 0.15) is 5.83 Å². The predicted octanol–water partition coefficient (Wildman–Crippen LogP) is 8.48. The van der Waals surface area contributed by atoms with Gasteiger partial charge >= 0.3 is 0 Å². The number of nitrogens with one attached hydrogen (secondary N) is 2. The third-order valence-corrected chi connectivity index (χ3v) is 8.60. The molecule has 2 N–H and O–H groups in total. The number of ketones is 1. The monoisotopic (exact) mass is 586 g/mol. The van der Waals surface area contributed by atoms with Crippen molar-refractivity contribution >= 4 is 27.8 Å². The Hall–Kier alpha value is -3.64. The van der Waals surface area contributed by atoms with Gasteiger partial charge in [-0.15, -0.1) is 0 Å². The lowest BCUT2D eigenvalue weighted by molar-refractivity contribution is -0.115. The van der Waals surface area contributed by atoms with E-state index in [1.54, 1.807) is 0 Å². The van der Waals surface area contributed by atoms with Gasteiger partial charge in [0.15, 0.2) is 5.78 Å². The Morgan fingerprint density at radius 2 is 1.84 bits per heavy atom. The maximum atomic E-state index is 16.2. The molecule has 43 heavy (non-hydrogen) atoms. The zero-order valence-corrected chi connectivity index (χ0v) is 27.3. The SMILES string of the molecule is C=C(NCCC(CCC)NC)C1=CN(c2cc3ccccc3cc2/C(C)=C(/F)C(=C)N(C)CC(C)CC)/C(=C\C)CC1=O. The second-order valence-corrected chi connectivity index (χ2v) is 11.8. The van der Waals surface area contributed by atoms with Crippen molar-refractivity contribution in [2.75, 3.05) is 32.1 Å². The molecule has 0 saturated carbocycles. The molecule has 2 aromatic rings. The van der Waals surface area contributed by atoms with Crippen LogP contribution in [0.2, 0.25) is 0 Å². The van der Waals surface area contributed by atoms with Crippen LogP contribution in [0.25, 0.3) is 16.3 Å². The van der Waals surface area contributed by atoms with E-state index in [1.807, 2.05) is 74.3 Å². The number of fused-ring (bicyclic) bond motifs is 1. The number of allylic oxidation sites excluding steroid dienone is 5. The van der Waals surface area contributed by atoms with E-state index in [9.17, 15) is 4.79 Å². The first kappa shape index (κ1) is 33.9. The quantitative estimate of drug-likeness (QED) is 0.205. The number of halogens is 1. The maximum absolute atomic E-state index is 16.2. The fourth-order valence-corrected chi connectivity index (χ4v) is 5.55.